The topological polar surface area (TPSA) is 46.6 Å². The number of imide groups is 1. The number of hydrogen-bond donors (Lipinski definition) is 0. The van der Waals surface area contributed by atoms with Crippen LogP contribution in [0.5, 0.6) is 5.75 Å². The molecule has 1 heterocycles. The van der Waals surface area contributed by atoms with E-state index in [9.17, 15) is 9.59 Å². The molecule has 0 radical (unpaired) electrons. The molecule has 0 aliphatic carbocycles. The first kappa shape index (κ1) is 21.7. The van der Waals surface area contributed by atoms with Crippen LogP contribution in [0.3, 0.4) is 0 Å². The Morgan fingerprint density at radius 1 is 1.10 bits per heavy atom. The van der Waals surface area contributed by atoms with Crippen molar-refractivity contribution in [1.29, 1.82) is 0 Å². The fourth-order valence-corrected chi connectivity index (χ4v) is 4.93. The zero-order valence-corrected chi connectivity index (χ0v) is 19.7. The Balaban J connectivity index is 1.50. The molecule has 3 aromatic carbocycles. The Bertz CT molecular complexity index is 1190. The van der Waals surface area contributed by atoms with E-state index < -0.39 is 0 Å². The molecule has 1 atom stereocenters. The van der Waals surface area contributed by atoms with Crippen LogP contribution in [0.2, 0.25) is 0 Å². The van der Waals surface area contributed by atoms with E-state index in [4.69, 9.17) is 4.74 Å². The van der Waals surface area contributed by atoms with Gasteiger partial charge in [0.25, 0.3) is 11.1 Å². The highest BCUT2D eigenvalue weighted by Crippen LogP contribution is 2.35. The number of amides is 2. The molecule has 0 saturated carbocycles. The molecule has 31 heavy (non-hydrogen) atoms. The van der Waals surface area contributed by atoms with Crippen LogP contribution in [0.4, 0.5) is 4.79 Å². The average Bonchev–Trinajstić information content (AvgIpc) is 3.05. The monoisotopic (exact) mass is 495 g/mol. The lowest BCUT2D eigenvalue weighted by Gasteiger charge is -2.19. The van der Waals surface area contributed by atoms with Gasteiger partial charge in [0.1, 0.15) is 12.4 Å². The summed E-state index contributed by atoms with van der Waals surface area (Å²) in [6.45, 7) is 4.30. The lowest BCUT2D eigenvalue weighted by atomic mass is 10.1. The summed E-state index contributed by atoms with van der Waals surface area (Å²) in [4.78, 5) is 26.6. The van der Waals surface area contributed by atoms with Gasteiger partial charge in [-0.15, -0.1) is 0 Å². The molecule has 0 aromatic heterocycles. The summed E-state index contributed by atoms with van der Waals surface area (Å²) in [5.74, 6) is 0.495. The molecule has 2 amide bonds. The summed E-state index contributed by atoms with van der Waals surface area (Å²) in [6.07, 6.45) is 2.49. The summed E-state index contributed by atoms with van der Waals surface area (Å²) in [7, 11) is 0. The van der Waals surface area contributed by atoms with Gasteiger partial charge in [-0.3, -0.25) is 14.5 Å². The van der Waals surface area contributed by atoms with Crippen molar-refractivity contribution in [2.75, 3.05) is 0 Å². The quantitative estimate of drug-likeness (QED) is 0.344. The van der Waals surface area contributed by atoms with Crippen LogP contribution in [0, 0.1) is 0 Å². The first-order valence-electron chi connectivity index (χ1n) is 10.1. The molecule has 3 aromatic rings. The number of carbonyl (C=O) groups is 2. The minimum Gasteiger partial charge on any atom is -0.488 e. The van der Waals surface area contributed by atoms with E-state index in [2.05, 4.69) is 40.2 Å². The normalized spacial score (nSPS) is 16.4. The molecule has 1 saturated heterocycles. The number of nitrogens with zero attached hydrogens (tertiary/aromatic N) is 1. The van der Waals surface area contributed by atoms with Crippen LogP contribution in [0.25, 0.3) is 16.8 Å². The van der Waals surface area contributed by atoms with E-state index in [0.29, 0.717) is 11.5 Å². The van der Waals surface area contributed by atoms with E-state index in [1.54, 1.807) is 6.08 Å². The van der Waals surface area contributed by atoms with Crippen LogP contribution < -0.4 is 4.74 Å². The zero-order valence-electron chi connectivity index (χ0n) is 17.3. The molecule has 1 aliphatic heterocycles. The fraction of sp³-hybridized carbons (Fsp3) is 0.200. The number of hydrogen-bond acceptors (Lipinski definition) is 4. The van der Waals surface area contributed by atoms with Gasteiger partial charge in [-0.2, -0.15) is 0 Å². The predicted octanol–water partition coefficient (Wildman–Crippen LogP) is 7.02. The van der Waals surface area contributed by atoms with Gasteiger partial charge in [0.05, 0.1) is 9.38 Å². The Morgan fingerprint density at radius 2 is 1.87 bits per heavy atom. The Morgan fingerprint density at radius 3 is 2.65 bits per heavy atom. The van der Waals surface area contributed by atoms with Crippen LogP contribution in [0.1, 0.15) is 31.4 Å². The third-order valence-corrected chi connectivity index (χ3v) is 6.88. The van der Waals surface area contributed by atoms with Crippen LogP contribution in [-0.4, -0.2) is 22.1 Å². The van der Waals surface area contributed by atoms with Crippen molar-refractivity contribution in [1.82, 2.24) is 4.90 Å². The minimum absolute atomic E-state index is 0.102. The lowest BCUT2D eigenvalue weighted by molar-refractivity contribution is -0.124. The highest BCUT2D eigenvalue weighted by Gasteiger charge is 2.37. The van der Waals surface area contributed by atoms with Crippen molar-refractivity contribution >= 4 is 55.7 Å². The molecular weight excluding hydrogens is 474 g/mol. The number of benzene rings is 3. The van der Waals surface area contributed by atoms with Crippen molar-refractivity contribution in [2.24, 2.45) is 0 Å². The summed E-state index contributed by atoms with van der Waals surface area (Å²) in [6, 6.07) is 20.0. The van der Waals surface area contributed by atoms with Gasteiger partial charge in [0.2, 0.25) is 0 Å². The standard InChI is InChI=1S/C25H22BrNO3S/c1-3-16(2)27-24(28)23(31-25(27)29)14-17-11-12-22(21(26)13-17)30-15-19-9-6-8-18-7-4-5-10-20(18)19/h4-14,16H,3,15H2,1-2H3/b23-14+/t16-/m1/s1. The fourth-order valence-electron chi connectivity index (χ4n) is 3.49. The number of halogens is 1. The maximum absolute atomic E-state index is 12.6. The average molecular weight is 496 g/mol. The second-order valence-electron chi connectivity index (χ2n) is 7.43. The molecule has 0 spiro atoms. The van der Waals surface area contributed by atoms with Crippen molar-refractivity contribution in [3.63, 3.8) is 0 Å². The van der Waals surface area contributed by atoms with Gasteiger partial charge in [-0.05, 0) is 81.1 Å². The Kier molecular flexibility index (Phi) is 6.49. The van der Waals surface area contributed by atoms with Crippen LogP contribution in [-0.2, 0) is 11.4 Å². The number of rotatable bonds is 6. The van der Waals surface area contributed by atoms with E-state index in [0.717, 1.165) is 39.5 Å². The molecule has 0 unspecified atom stereocenters. The summed E-state index contributed by atoms with van der Waals surface area (Å²) in [5.41, 5.74) is 1.95. The smallest absolute Gasteiger partial charge is 0.293 e. The molecule has 1 fully saturated rings. The molecule has 1 aliphatic rings. The van der Waals surface area contributed by atoms with E-state index in [1.165, 1.54) is 15.7 Å². The first-order valence-corrected chi connectivity index (χ1v) is 11.7. The molecule has 6 heteroatoms. The summed E-state index contributed by atoms with van der Waals surface area (Å²) < 4.78 is 6.85. The SMILES string of the molecule is CC[C@@H](C)N1C(=O)S/C(=C/c2ccc(OCc3cccc4ccccc34)c(Br)c2)C1=O. The molecule has 4 rings (SSSR count). The van der Waals surface area contributed by atoms with Gasteiger partial charge < -0.3 is 4.74 Å². The number of fused-ring (bicyclic) bond motifs is 1. The highest BCUT2D eigenvalue weighted by molar-refractivity contribution is 9.10. The van der Waals surface area contributed by atoms with Gasteiger partial charge in [-0.1, -0.05) is 55.5 Å². The van der Waals surface area contributed by atoms with Gasteiger partial charge in [-0.25, -0.2) is 0 Å². The van der Waals surface area contributed by atoms with Crippen molar-refractivity contribution in [3.05, 3.63) is 81.2 Å². The Hall–Kier alpha value is -2.57. The molecule has 0 N–H and O–H groups in total. The maximum atomic E-state index is 12.6. The van der Waals surface area contributed by atoms with E-state index in [1.807, 2.05) is 50.2 Å². The number of thioether (sulfide) groups is 1. The van der Waals surface area contributed by atoms with E-state index >= 15 is 0 Å². The third kappa shape index (κ3) is 4.55. The van der Waals surface area contributed by atoms with Crippen LogP contribution in [0.15, 0.2) is 70.0 Å². The molecule has 158 valence electrons. The van der Waals surface area contributed by atoms with Gasteiger partial charge in [0.15, 0.2) is 0 Å². The second-order valence-corrected chi connectivity index (χ2v) is 9.27. The number of carbonyl (C=O) groups excluding carboxylic acids is 2. The molecule has 4 nitrogen and oxygen atoms in total. The van der Waals surface area contributed by atoms with Crippen molar-refractivity contribution < 1.29 is 14.3 Å². The predicted molar refractivity (Wildman–Crippen MR) is 130 cm³/mol. The maximum Gasteiger partial charge on any atom is 0.293 e. The summed E-state index contributed by atoms with van der Waals surface area (Å²) >= 11 is 4.56. The number of ether oxygens (including phenoxy) is 1. The second kappa shape index (κ2) is 9.28. The van der Waals surface area contributed by atoms with Crippen molar-refractivity contribution in [3.8, 4) is 5.75 Å². The minimum atomic E-state index is -0.225. The zero-order chi connectivity index (χ0) is 22.0. The first-order chi connectivity index (χ1) is 15.0. The lowest BCUT2D eigenvalue weighted by Crippen LogP contribution is -2.36. The van der Waals surface area contributed by atoms with Gasteiger partial charge >= 0.3 is 0 Å². The summed E-state index contributed by atoms with van der Waals surface area (Å²) in [5, 5.41) is 2.15. The van der Waals surface area contributed by atoms with Crippen LogP contribution >= 0.6 is 27.7 Å². The van der Waals surface area contributed by atoms with Gasteiger partial charge in [0, 0.05) is 6.04 Å². The highest BCUT2D eigenvalue weighted by atomic mass is 79.9. The van der Waals surface area contributed by atoms with Crippen molar-refractivity contribution in [2.45, 2.75) is 32.9 Å². The largest absolute Gasteiger partial charge is 0.488 e. The molecule has 0 bridgehead atoms. The third-order valence-electron chi connectivity index (χ3n) is 5.37. The van der Waals surface area contributed by atoms with E-state index in [-0.39, 0.29) is 17.2 Å². The Labute approximate surface area is 194 Å². The molecular formula is C25H22BrNO3S.